The molecule has 7 heteroatoms. The van der Waals surface area contributed by atoms with Gasteiger partial charge in [0.1, 0.15) is 0 Å². The molecule has 1 aliphatic heterocycles. The van der Waals surface area contributed by atoms with Crippen molar-refractivity contribution in [2.75, 3.05) is 32.7 Å². The highest BCUT2D eigenvalue weighted by Crippen LogP contribution is 2.17. The van der Waals surface area contributed by atoms with E-state index in [1.165, 1.54) is 0 Å². The van der Waals surface area contributed by atoms with Crippen molar-refractivity contribution >= 4 is 28.4 Å². The third-order valence-corrected chi connectivity index (χ3v) is 4.76. The third kappa shape index (κ3) is 3.03. The van der Waals surface area contributed by atoms with Gasteiger partial charge >= 0.3 is 0 Å². The van der Waals surface area contributed by atoms with E-state index in [2.05, 4.69) is 16.9 Å². The van der Waals surface area contributed by atoms with Crippen molar-refractivity contribution < 1.29 is 4.79 Å². The van der Waals surface area contributed by atoms with Gasteiger partial charge in [-0.05, 0) is 31.7 Å². The molecule has 6 nitrogen and oxygen atoms in total. The number of carbonyl (C=O) groups is 1. The van der Waals surface area contributed by atoms with Crippen LogP contribution >= 0.6 is 11.6 Å². The summed E-state index contributed by atoms with van der Waals surface area (Å²) in [7, 11) is 0. The Morgan fingerprint density at radius 2 is 1.88 bits per heavy atom. The molecule has 2 aromatic rings. The van der Waals surface area contributed by atoms with Gasteiger partial charge in [0, 0.05) is 37.7 Å². The number of amides is 1. The van der Waals surface area contributed by atoms with Crippen LogP contribution in [0.3, 0.4) is 0 Å². The predicted molar refractivity (Wildman–Crippen MR) is 94.7 cm³/mol. The Kier molecular flexibility index (Phi) is 4.87. The predicted octanol–water partition coefficient (Wildman–Crippen LogP) is 1.85. The Morgan fingerprint density at radius 3 is 2.50 bits per heavy atom. The summed E-state index contributed by atoms with van der Waals surface area (Å²) in [6, 6.07) is 5.10. The molecule has 1 saturated heterocycles. The Bertz CT molecular complexity index is 825. The topological polar surface area (TPSA) is 58.4 Å². The smallest absolute Gasteiger partial charge is 0.278 e. The average molecular weight is 349 g/mol. The number of piperazine rings is 1. The molecule has 1 amide bonds. The number of aromatic nitrogens is 2. The molecule has 0 radical (unpaired) electrons. The van der Waals surface area contributed by atoms with E-state index in [9.17, 15) is 9.59 Å². The largest absolute Gasteiger partial charge is 0.335 e. The molecule has 1 aromatic heterocycles. The highest BCUT2D eigenvalue weighted by Gasteiger charge is 2.25. The van der Waals surface area contributed by atoms with Gasteiger partial charge in [0.2, 0.25) is 5.43 Å². The van der Waals surface area contributed by atoms with Gasteiger partial charge in [-0.2, -0.15) is 5.10 Å². The van der Waals surface area contributed by atoms with Gasteiger partial charge in [-0.25, -0.2) is 0 Å². The summed E-state index contributed by atoms with van der Waals surface area (Å²) in [5, 5.41) is 5.23. The number of nitrogens with zero attached hydrogens (tertiary/aromatic N) is 4. The van der Waals surface area contributed by atoms with Crippen LogP contribution < -0.4 is 5.43 Å². The fourth-order valence-electron chi connectivity index (χ4n) is 3.06. The SMILES string of the molecule is CCN1CCN(C(=O)c2nn(CC)c3ccc(Cl)cc3c2=O)CC1. The fraction of sp³-hybridized carbons (Fsp3) is 0.471. The first-order valence-electron chi connectivity index (χ1n) is 8.27. The maximum atomic E-state index is 12.8. The fourth-order valence-corrected chi connectivity index (χ4v) is 3.23. The van der Waals surface area contributed by atoms with Crippen molar-refractivity contribution in [3.05, 3.63) is 39.1 Å². The van der Waals surface area contributed by atoms with E-state index >= 15 is 0 Å². The lowest BCUT2D eigenvalue weighted by molar-refractivity contribution is 0.0634. The molecule has 0 unspecified atom stereocenters. The average Bonchev–Trinajstić information content (AvgIpc) is 2.62. The summed E-state index contributed by atoms with van der Waals surface area (Å²) in [4.78, 5) is 29.6. The number of halogens is 1. The molecular weight excluding hydrogens is 328 g/mol. The van der Waals surface area contributed by atoms with E-state index < -0.39 is 0 Å². The van der Waals surface area contributed by atoms with E-state index in [-0.39, 0.29) is 17.0 Å². The van der Waals surface area contributed by atoms with Crippen LogP contribution in [0.1, 0.15) is 24.3 Å². The second-order valence-corrected chi connectivity index (χ2v) is 6.32. The first-order valence-corrected chi connectivity index (χ1v) is 8.65. The molecule has 24 heavy (non-hydrogen) atoms. The van der Waals surface area contributed by atoms with Crippen LogP contribution in [-0.2, 0) is 6.54 Å². The second-order valence-electron chi connectivity index (χ2n) is 5.88. The Labute approximate surface area is 145 Å². The number of likely N-dealkylation sites (N-methyl/N-ethyl adjacent to an activating group) is 1. The lowest BCUT2D eigenvalue weighted by Gasteiger charge is -2.33. The molecule has 1 aromatic carbocycles. The van der Waals surface area contributed by atoms with Gasteiger partial charge in [-0.1, -0.05) is 18.5 Å². The molecule has 0 atom stereocenters. The van der Waals surface area contributed by atoms with Crippen molar-refractivity contribution in [3.63, 3.8) is 0 Å². The first-order chi connectivity index (χ1) is 11.5. The van der Waals surface area contributed by atoms with Crippen LogP contribution in [-0.4, -0.2) is 58.2 Å². The number of benzene rings is 1. The second kappa shape index (κ2) is 6.91. The van der Waals surface area contributed by atoms with E-state index in [0.717, 1.165) is 19.6 Å². The van der Waals surface area contributed by atoms with Crippen LogP contribution in [0.5, 0.6) is 0 Å². The summed E-state index contributed by atoms with van der Waals surface area (Å²) < 4.78 is 1.68. The quantitative estimate of drug-likeness (QED) is 0.849. The summed E-state index contributed by atoms with van der Waals surface area (Å²) in [6.07, 6.45) is 0. The molecule has 128 valence electrons. The van der Waals surface area contributed by atoms with Crippen molar-refractivity contribution in [3.8, 4) is 0 Å². The summed E-state index contributed by atoms with van der Waals surface area (Å²) in [5.41, 5.74) is 0.330. The van der Waals surface area contributed by atoms with E-state index in [1.54, 1.807) is 27.8 Å². The number of carbonyl (C=O) groups excluding carboxylic acids is 1. The number of hydrogen-bond donors (Lipinski definition) is 0. The minimum atomic E-state index is -0.347. The van der Waals surface area contributed by atoms with Gasteiger partial charge < -0.3 is 9.80 Å². The summed E-state index contributed by atoms with van der Waals surface area (Å²) in [5.74, 6) is -0.292. The molecule has 0 bridgehead atoms. The van der Waals surface area contributed by atoms with Gasteiger partial charge in [-0.3, -0.25) is 14.3 Å². The maximum absolute atomic E-state index is 12.8. The number of fused-ring (bicyclic) bond motifs is 1. The summed E-state index contributed by atoms with van der Waals surface area (Å²) >= 11 is 6.03. The first kappa shape index (κ1) is 16.9. The van der Waals surface area contributed by atoms with Gasteiger partial charge in [0.25, 0.3) is 5.91 Å². The summed E-state index contributed by atoms with van der Waals surface area (Å²) in [6.45, 7) is 8.46. The molecule has 1 fully saturated rings. The Balaban J connectivity index is 2.01. The molecular formula is C17H21ClN4O2. The normalized spacial score (nSPS) is 15.9. The van der Waals surface area contributed by atoms with E-state index in [4.69, 9.17) is 11.6 Å². The molecule has 0 saturated carbocycles. The molecule has 2 heterocycles. The van der Waals surface area contributed by atoms with Crippen LogP contribution in [0.4, 0.5) is 0 Å². The van der Waals surface area contributed by atoms with Crippen LogP contribution in [0, 0.1) is 0 Å². The van der Waals surface area contributed by atoms with Crippen LogP contribution in [0.2, 0.25) is 5.02 Å². The zero-order valence-corrected chi connectivity index (χ0v) is 14.7. The number of aryl methyl sites for hydroxylation is 1. The van der Waals surface area contributed by atoms with Gasteiger partial charge in [0.05, 0.1) is 10.9 Å². The van der Waals surface area contributed by atoms with E-state index in [0.29, 0.717) is 35.6 Å². The van der Waals surface area contributed by atoms with E-state index in [1.807, 2.05) is 6.92 Å². The zero-order chi connectivity index (χ0) is 17.3. The molecule has 3 rings (SSSR count). The number of hydrogen-bond acceptors (Lipinski definition) is 4. The maximum Gasteiger partial charge on any atom is 0.278 e. The van der Waals surface area contributed by atoms with Crippen molar-refractivity contribution in [1.29, 1.82) is 0 Å². The highest BCUT2D eigenvalue weighted by atomic mass is 35.5. The minimum absolute atomic E-state index is 0.0171. The molecule has 0 N–H and O–H groups in total. The van der Waals surface area contributed by atoms with Gasteiger partial charge in [-0.15, -0.1) is 0 Å². The monoisotopic (exact) mass is 348 g/mol. The van der Waals surface area contributed by atoms with Crippen LogP contribution in [0.15, 0.2) is 23.0 Å². The minimum Gasteiger partial charge on any atom is -0.335 e. The van der Waals surface area contributed by atoms with Gasteiger partial charge in [0.15, 0.2) is 5.69 Å². The lowest BCUT2D eigenvalue weighted by atomic mass is 10.1. The van der Waals surface area contributed by atoms with Crippen molar-refractivity contribution in [1.82, 2.24) is 19.6 Å². The highest BCUT2D eigenvalue weighted by molar-refractivity contribution is 6.31. The number of rotatable bonds is 3. The third-order valence-electron chi connectivity index (χ3n) is 4.53. The molecule has 0 aliphatic carbocycles. The molecule has 0 spiro atoms. The molecule has 1 aliphatic rings. The zero-order valence-electron chi connectivity index (χ0n) is 14.0. The lowest BCUT2D eigenvalue weighted by Crippen LogP contribution is -2.49. The van der Waals surface area contributed by atoms with Crippen molar-refractivity contribution in [2.24, 2.45) is 0 Å². The van der Waals surface area contributed by atoms with Crippen molar-refractivity contribution in [2.45, 2.75) is 20.4 Å². The van der Waals surface area contributed by atoms with Crippen LogP contribution in [0.25, 0.3) is 10.9 Å². The Morgan fingerprint density at radius 1 is 1.17 bits per heavy atom. The standard InChI is InChI=1S/C17H21ClN4O2/c1-3-20-7-9-21(10-8-20)17(24)15-16(23)13-11-12(18)5-6-14(13)22(4-2)19-15/h5-6,11H,3-4,7-10H2,1-2H3. The Hall–Kier alpha value is -1.92.